The van der Waals surface area contributed by atoms with Gasteiger partial charge in [0.2, 0.25) is 17.8 Å². The first kappa shape index (κ1) is 18.2. The molecule has 3 aromatic rings. The van der Waals surface area contributed by atoms with Gasteiger partial charge in [0.15, 0.2) is 16.5 Å². The van der Waals surface area contributed by atoms with Gasteiger partial charge in [0, 0.05) is 0 Å². The number of hydrogen-bond donors (Lipinski definition) is 1. The number of fused-ring (bicyclic) bond motifs is 1. The van der Waals surface area contributed by atoms with E-state index < -0.39 is 0 Å². The molecule has 144 valence electrons. The van der Waals surface area contributed by atoms with Crippen molar-refractivity contribution in [3.63, 3.8) is 0 Å². The fraction of sp³-hybridized carbons (Fsp3) is 0.250. The third kappa shape index (κ3) is 4.23. The second-order valence-corrected chi connectivity index (χ2v) is 7.53. The highest BCUT2D eigenvalue weighted by Gasteiger charge is 2.15. The van der Waals surface area contributed by atoms with Gasteiger partial charge in [-0.1, -0.05) is 35.1 Å². The number of carbonyl (C=O) groups excluding carboxylic acids is 1. The Hall–Kier alpha value is -3.13. The summed E-state index contributed by atoms with van der Waals surface area (Å²) in [6, 6.07) is 11.5. The van der Waals surface area contributed by atoms with Crippen LogP contribution in [0.5, 0.6) is 17.2 Å². The first-order valence-corrected chi connectivity index (χ1v) is 9.59. The average molecular weight is 397 g/mol. The predicted octanol–water partition coefficient (Wildman–Crippen LogP) is 3.64. The Morgan fingerprint density at radius 3 is 2.86 bits per heavy atom. The Balaban J connectivity index is 1.32. The molecular formula is C20H19N3O4S. The summed E-state index contributed by atoms with van der Waals surface area (Å²) < 4.78 is 16.4. The number of aryl methyl sites for hydroxylation is 2. The summed E-state index contributed by atoms with van der Waals surface area (Å²) in [5, 5.41) is 12.0. The van der Waals surface area contributed by atoms with E-state index >= 15 is 0 Å². The third-order valence-electron chi connectivity index (χ3n) is 4.20. The summed E-state index contributed by atoms with van der Waals surface area (Å²) in [6.07, 6.45) is 0.213. The molecule has 1 aromatic heterocycles. The minimum absolute atomic E-state index is 0.170. The maximum atomic E-state index is 12.3. The van der Waals surface area contributed by atoms with Gasteiger partial charge in [-0.25, -0.2) is 0 Å². The van der Waals surface area contributed by atoms with Crippen LogP contribution in [0.15, 0.2) is 36.4 Å². The van der Waals surface area contributed by atoms with Gasteiger partial charge in [0.05, 0.1) is 6.42 Å². The molecule has 0 unspecified atom stereocenters. The van der Waals surface area contributed by atoms with Crippen LogP contribution < -0.4 is 19.5 Å². The van der Waals surface area contributed by atoms with E-state index in [1.807, 2.05) is 38.1 Å². The Kier molecular flexibility index (Phi) is 5.12. The zero-order valence-corrected chi connectivity index (χ0v) is 16.3. The first-order valence-electron chi connectivity index (χ1n) is 8.77. The standard InChI is InChI=1S/C20H19N3O4S/c1-12-3-5-15(13(2)7-12)25-10-19-22-23-20(28-19)21-18(24)9-14-4-6-16-17(8-14)27-11-26-16/h3-8H,9-11H2,1-2H3,(H,21,23,24). The summed E-state index contributed by atoms with van der Waals surface area (Å²) in [5.74, 6) is 2.00. The number of ether oxygens (including phenoxy) is 3. The van der Waals surface area contributed by atoms with Crippen LogP contribution >= 0.6 is 11.3 Å². The van der Waals surface area contributed by atoms with E-state index in [0.29, 0.717) is 28.2 Å². The number of amides is 1. The smallest absolute Gasteiger partial charge is 0.231 e. The van der Waals surface area contributed by atoms with Crippen molar-refractivity contribution in [3.05, 3.63) is 58.1 Å². The van der Waals surface area contributed by atoms with Crippen LogP contribution in [-0.2, 0) is 17.8 Å². The van der Waals surface area contributed by atoms with E-state index in [0.717, 1.165) is 16.9 Å². The molecule has 1 amide bonds. The van der Waals surface area contributed by atoms with E-state index in [1.54, 1.807) is 6.07 Å². The molecule has 4 rings (SSSR count). The van der Waals surface area contributed by atoms with Crippen LogP contribution in [-0.4, -0.2) is 22.9 Å². The Morgan fingerprint density at radius 2 is 2.00 bits per heavy atom. The van der Waals surface area contributed by atoms with Crippen LogP contribution in [0.25, 0.3) is 0 Å². The van der Waals surface area contributed by atoms with Crippen molar-refractivity contribution in [2.45, 2.75) is 26.9 Å². The lowest BCUT2D eigenvalue weighted by molar-refractivity contribution is -0.115. The summed E-state index contributed by atoms with van der Waals surface area (Å²) >= 11 is 1.30. The van der Waals surface area contributed by atoms with Crippen LogP contribution in [0, 0.1) is 13.8 Å². The Bertz CT molecular complexity index is 1020. The minimum atomic E-state index is -0.170. The van der Waals surface area contributed by atoms with Gasteiger partial charge in [-0.2, -0.15) is 0 Å². The lowest BCUT2D eigenvalue weighted by Crippen LogP contribution is -2.14. The van der Waals surface area contributed by atoms with Gasteiger partial charge in [-0.3, -0.25) is 4.79 Å². The van der Waals surface area contributed by atoms with Crippen molar-refractivity contribution in [1.82, 2.24) is 10.2 Å². The second-order valence-electron chi connectivity index (χ2n) is 6.47. The summed E-state index contributed by atoms with van der Waals surface area (Å²) in [4.78, 5) is 12.3. The normalized spacial score (nSPS) is 12.1. The molecule has 2 aromatic carbocycles. The second kappa shape index (κ2) is 7.85. The monoisotopic (exact) mass is 397 g/mol. The predicted molar refractivity (Wildman–Crippen MR) is 105 cm³/mol. The molecule has 2 heterocycles. The highest BCUT2D eigenvalue weighted by Crippen LogP contribution is 2.32. The summed E-state index contributed by atoms with van der Waals surface area (Å²) in [7, 11) is 0. The molecule has 1 aliphatic rings. The van der Waals surface area contributed by atoms with Gasteiger partial charge < -0.3 is 19.5 Å². The maximum Gasteiger partial charge on any atom is 0.231 e. The number of nitrogens with one attached hydrogen (secondary N) is 1. The Morgan fingerprint density at radius 1 is 1.14 bits per heavy atom. The zero-order chi connectivity index (χ0) is 19.5. The van der Waals surface area contributed by atoms with Gasteiger partial charge in [-0.05, 0) is 43.2 Å². The molecular weight excluding hydrogens is 378 g/mol. The third-order valence-corrected chi connectivity index (χ3v) is 5.01. The van der Waals surface area contributed by atoms with Gasteiger partial charge in [0.25, 0.3) is 0 Å². The fourth-order valence-electron chi connectivity index (χ4n) is 2.86. The van der Waals surface area contributed by atoms with E-state index in [2.05, 4.69) is 21.6 Å². The molecule has 28 heavy (non-hydrogen) atoms. The van der Waals surface area contributed by atoms with E-state index in [4.69, 9.17) is 14.2 Å². The molecule has 8 heteroatoms. The summed E-state index contributed by atoms with van der Waals surface area (Å²) in [5.41, 5.74) is 3.10. The number of rotatable bonds is 6. The number of benzene rings is 2. The zero-order valence-electron chi connectivity index (χ0n) is 15.5. The van der Waals surface area contributed by atoms with Crippen molar-refractivity contribution in [2.75, 3.05) is 12.1 Å². The van der Waals surface area contributed by atoms with Gasteiger partial charge in [-0.15, -0.1) is 10.2 Å². The molecule has 0 atom stereocenters. The lowest BCUT2D eigenvalue weighted by atomic mass is 10.1. The number of carbonyl (C=O) groups is 1. The van der Waals surface area contributed by atoms with Crippen molar-refractivity contribution < 1.29 is 19.0 Å². The quantitative estimate of drug-likeness (QED) is 0.684. The van der Waals surface area contributed by atoms with Crippen LogP contribution in [0.2, 0.25) is 0 Å². The van der Waals surface area contributed by atoms with Crippen molar-refractivity contribution >= 4 is 22.4 Å². The Labute approximate surface area is 166 Å². The molecule has 0 aliphatic carbocycles. The van der Waals surface area contributed by atoms with E-state index in [1.165, 1.54) is 16.9 Å². The highest BCUT2D eigenvalue weighted by molar-refractivity contribution is 7.15. The van der Waals surface area contributed by atoms with Crippen LogP contribution in [0.3, 0.4) is 0 Å². The van der Waals surface area contributed by atoms with Crippen LogP contribution in [0.1, 0.15) is 21.7 Å². The fourth-order valence-corrected chi connectivity index (χ4v) is 3.53. The molecule has 7 nitrogen and oxygen atoms in total. The largest absolute Gasteiger partial charge is 0.486 e. The van der Waals surface area contributed by atoms with Crippen molar-refractivity contribution in [2.24, 2.45) is 0 Å². The topological polar surface area (TPSA) is 82.6 Å². The maximum absolute atomic E-state index is 12.3. The summed E-state index contributed by atoms with van der Waals surface area (Å²) in [6.45, 7) is 4.56. The highest BCUT2D eigenvalue weighted by atomic mass is 32.1. The van der Waals surface area contributed by atoms with Crippen LogP contribution in [0.4, 0.5) is 5.13 Å². The molecule has 0 saturated heterocycles. The van der Waals surface area contributed by atoms with Gasteiger partial charge in [0.1, 0.15) is 12.4 Å². The van der Waals surface area contributed by atoms with Gasteiger partial charge >= 0.3 is 0 Å². The number of nitrogens with zero attached hydrogens (tertiary/aromatic N) is 2. The molecule has 1 N–H and O–H groups in total. The lowest BCUT2D eigenvalue weighted by Gasteiger charge is -2.07. The van der Waals surface area contributed by atoms with Crippen molar-refractivity contribution in [3.8, 4) is 17.2 Å². The molecule has 0 saturated carbocycles. The molecule has 1 aliphatic heterocycles. The van der Waals surface area contributed by atoms with E-state index in [-0.39, 0.29) is 19.1 Å². The average Bonchev–Trinajstić information content (AvgIpc) is 3.29. The first-order chi connectivity index (χ1) is 13.6. The SMILES string of the molecule is Cc1ccc(OCc2nnc(NC(=O)Cc3ccc4c(c3)OCO4)s2)c(C)c1. The molecule has 0 spiro atoms. The number of anilines is 1. The molecule has 0 bridgehead atoms. The minimum Gasteiger partial charge on any atom is -0.486 e. The van der Waals surface area contributed by atoms with E-state index in [9.17, 15) is 4.79 Å². The molecule has 0 fully saturated rings. The number of aromatic nitrogens is 2. The number of hydrogen-bond acceptors (Lipinski definition) is 7. The van der Waals surface area contributed by atoms with Crippen molar-refractivity contribution in [1.29, 1.82) is 0 Å². The molecule has 0 radical (unpaired) electrons.